The summed E-state index contributed by atoms with van der Waals surface area (Å²) in [6, 6.07) is 10.7. The van der Waals surface area contributed by atoms with Crippen molar-refractivity contribution in [3.63, 3.8) is 0 Å². The van der Waals surface area contributed by atoms with Crippen LogP contribution in [0.4, 0.5) is 23.2 Å². The van der Waals surface area contributed by atoms with Crippen LogP contribution in [0.25, 0.3) is 11.1 Å². The Balaban J connectivity index is 1.80. The Bertz CT molecular complexity index is 1320. The van der Waals surface area contributed by atoms with Crippen molar-refractivity contribution in [2.24, 2.45) is 4.99 Å². The van der Waals surface area contributed by atoms with E-state index in [0.717, 1.165) is 31.4 Å². The number of halogens is 4. The van der Waals surface area contributed by atoms with Crippen LogP contribution in [0.5, 0.6) is 0 Å². The minimum Gasteiger partial charge on any atom is -0.206 e. The third kappa shape index (κ3) is 6.42. The highest BCUT2D eigenvalue weighted by atomic mass is 32.1. The molecule has 3 aromatic carbocycles. The van der Waals surface area contributed by atoms with Crippen LogP contribution in [0.3, 0.4) is 0 Å². The summed E-state index contributed by atoms with van der Waals surface area (Å²) in [6.07, 6.45) is 3.80. The number of nitrogens with zero attached hydrogens (tertiary/aromatic N) is 1. The van der Waals surface area contributed by atoms with E-state index in [4.69, 9.17) is 0 Å². The predicted molar refractivity (Wildman–Crippen MR) is 130 cm³/mol. The van der Waals surface area contributed by atoms with Crippen LogP contribution in [0.1, 0.15) is 49.3 Å². The first-order chi connectivity index (χ1) is 16.4. The number of rotatable bonds is 5. The number of unbranched alkanes of at least 4 members (excludes halogenated alkanes) is 3. The molecule has 0 radical (unpaired) electrons. The molecule has 0 aliphatic heterocycles. The van der Waals surface area contributed by atoms with Crippen molar-refractivity contribution < 1.29 is 17.6 Å². The number of aliphatic imine (C=N–C) groups is 1. The Morgan fingerprint density at radius 3 is 1.88 bits per heavy atom. The molecule has 0 bridgehead atoms. The van der Waals surface area contributed by atoms with Gasteiger partial charge in [-0.15, -0.1) is 0 Å². The van der Waals surface area contributed by atoms with Gasteiger partial charge in [-0.2, -0.15) is 4.99 Å². The van der Waals surface area contributed by atoms with Gasteiger partial charge >= 0.3 is 0 Å². The first-order valence-corrected chi connectivity index (χ1v) is 11.0. The van der Waals surface area contributed by atoms with Crippen LogP contribution in [-0.4, -0.2) is 5.16 Å². The largest absolute Gasteiger partial charge is 0.206 e. The first-order valence-electron chi connectivity index (χ1n) is 10.6. The molecule has 0 spiro atoms. The van der Waals surface area contributed by atoms with Gasteiger partial charge in [0.1, 0.15) is 17.3 Å². The van der Waals surface area contributed by atoms with Gasteiger partial charge in [0.05, 0.1) is 10.7 Å². The molecule has 0 aliphatic rings. The Hall–Kier alpha value is -3.70. The molecule has 34 heavy (non-hydrogen) atoms. The molecule has 0 heterocycles. The molecule has 0 saturated carbocycles. The minimum absolute atomic E-state index is 0.103. The summed E-state index contributed by atoms with van der Waals surface area (Å²) in [4.78, 5) is 3.35. The van der Waals surface area contributed by atoms with Crippen molar-refractivity contribution in [3.05, 3.63) is 88.5 Å². The zero-order valence-electron chi connectivity index (χ0n) is 18.3. The third-order valence-corrected chi connectivity index (χ3v) is 4.97. The van der Waals surface area contributed by atoms with Gasteiger partial charge in [-0.3, -0.25) is 0 Å². The second-order valence-electron chi connectivity index (χ2n) is 7.39. The fraction of sp³-hybridized carbons (Fsp3) is 0.179. The third-order valence-electron chi connectivity index (χ3n) is 4.88. The molecule has 170 valence electrons. The van der Waals surface area contributed by atoms with Gasteiger partial charge < -0.3 is 0 Å². The van der Waals surface area contributed by atoms with Gasteiger partial charge in [-0.25, -0.2) is 17.6 Å². The van der Waals surface area contributed by atoms with Gasteiger partial charge in [0, 0.05) is 23.1 Å². The molecule has 0 aliphatic carbocycles. The second-order valence-corrected chi connectivity index (χ2v) is 7.58. The molecular weight excluding hydrogens is 458 g/mol. The average Bonchev–Trinajstić information content (AvgIpc) is 2.80. The molecule has 3 aromatic rings. The molecule has 0 unspecified atom stereocenters. The summed E-state index contributed by atoms with van der Waals surface area (Å²) >= 11 is 4.37. The summed E-state index contributed by atoms with van der Waals surface area (Å²) < 4.78 is 57.1. The lowest BCUT2D eigenvalue weighted by Gasteiger charge is -2.06. The maximum Gasteiger partial charge on any atom is 0.153 e. The molecule has 6 heteroatoms. The van der Waals surface area contributed by atoms with E-state index < -0.39 is 29.0 Å². The van der Waals surface area contributed by atoms with E-state index in [1.165, 1.54) is 24.3 Å². The maximum absolute atomic E-state index is 14.6. The number of thiocarbonyl (C=S) groups is 1. The van der Waals surface area contributed by atoms with Crippen molar-refractivity contribution in [2.45, 2.75) is 32.6 Å². The maximum atomic E-state index is 14.6. The molecule has 0 amide bonds. The van der Waals surface area contributed by atoms with Crippen molar-refractivity contribution in [3.8, 4) is 34.8 Å². The SMILES string of the molecule is CCCCCC#Cc1cc(F)c(-c2ccc(C#Cc3cc(F)c(N=C=S)c(F)c3)cc2)c(F)c1. The standard InChI is InChI=1S/C28H19F4NS/c1-2-3-4-5-6-7-20-14-23(29)27(24(30)15-20)22-12-10-19(11-13-22)8-9-21-16-25(31)28(33-18-34)26(32)17-21/h10-17H,2-5H2,1H3. The smallest absolute Gasteiger partial charge is 0.153 e. The van der Waals surface area contributed by atoms with Crippen LogP contribution in [-0.2, 0) is 0 Å². The van der Waals surface area contributed by atoms with E-state index >= 15 is 0 Å². The molecule has 0 aromatic heterocycles. The molecule has 0 atom stereocenters. The van der Waals surface area contributed by atoms with E-state index in [-0.39, 0.29) is 11.1 Å². The van der Waals surface area contributed by atoms with E-state index in [9.17, 15) is 17.6 Å². The van der Waals surface area contributed by atoms with Crippen LogP contribution in [0.2, 0.25) is 0 Å². The monoisotopic (exact) mass is 477 g/mol. The van der Waals surface area contributed by atoms with Gasteiger partial charge in [0.25, 0.3) is 0 Å². The molecule has 3 rings (SSSR count). The predicted octanol–water partition coefficient (Wildman–Crippen LogP) is 7.98. The van der Waals surface area contributed by atoms with Crippen molar-refractivity contribution >= 4 is 23.1 Å². The molecule has 0 saturated heterocycles. The summed E-state index contributed by atoms with van der Waals surface area (Å²) in [6.45, 7) is 2.09. The van der Waals surface area contributed by atoms with Gasteiger partial charge in [0.2, 0.25) is 0 Å². The fourth-order valence-electron chi connectivity index (χ4n) is 3.20. The van der Waals surface area contributed by atoms with E-state index in [1.54, 1.807) is 12.1 Å². The highest BCUT2D eigenvalue weighted by Crippen LogP contribution is 2.27. The van der Waals surface area contributed by atoms with Gasteiger partial charge in [-0.1, -0.05) is 55.6 Å². The Kier molecular flexibility index (Phi) is 8.77. The molecule has 1 nitrogen and oxygen atoms in total. The van der Waals surface area contributed by atoms with Crippen molar-refractivity contribution in [1.29, 1.82) is 0 Å². The molecular formula is C28H19F4NS. The zero-order valence-corrected chi connectivity index (χ0v) is 19.1. The number of isothiocyanates is 1. The van der Waals surface area contributed by atoms with Crippen LogP contribution in [0.15, 0.2) is 53.5 Å². The number of hydrogen-bond donors (Lipinski definition) is 0. The van der Waals surface area contributed by atoms with Crippen LogP contribution in [0, 0.1) is 47.0 Å². The van der Waals surface area contributed by atoms with E-state index in [0.29, 0.717) is 23.1 Å². The lowest BCUT2D eigenvalue weighted by Crippen LogP contribution is -1.92. The van der Waals surface area contributed by atoms with E-state index in [2.05, 4.69) is 47.8 Å². The number of hydrogen-bond acceptors (Lipinski definition) is 2. The summed E-state index contributed by atoms with van der Waals surface area (Å²) in [5.41, 5.74) is 0.547. The average molecular weight is 478 g/mol. The van der Waals surface area contributed by atoms with Crippen LogP contribution < -0.4 is 0 Å². The molecule has 0 N–H and O–H groups in total. The lowest BCUT2D eigenvalue weighted by atomic mass is 10.0. The lowest BCUT2D eigenvalue weighted by molar-refractivity contribution is 0.587. The summed E-state index contributed by atoms with van der Waals surface area (Å²) in [5.74, 6) is 7.94. The molecule has 0 fully saturated rings. The summed E-state index contributed by atoms with van der Waals surface area (Å²) in [7, 11) is 0. The quantitative estimate of drug-likeness (QED) is 0.119. The Labute approximate surface area is 201 Å². The summed E-state index contributed by atoms with van der Waals surface area (Å²) in [5, 5.41) is 1.92. The van der Waals surface area contributed by atoms with Crippen molar-refractivity contribution in [2.75, 3.05) is 0 Å². The topological polar surface area (TPSA) is 12.4 Å². The first kappa shape index (κ1) is 24.9. The fourth-order valence-corrected chi connectivity index (χ4v) is 3.30. The van der Waals surface area contributed by atoms with Crippen molar-refractivity contribution in [1.82, 2.24) is 0 Å². The number of benzene rings is 3. The second kappa shape index (κ2) is 12.0. The normalized spacial score (nSPS) is 9.91. The zero-order chi connectivity index (χ0) is 24.5. The Morgan fingerprint density at radius 2 is 1.29 bits per heavy atom. The van der Waals surface area contributed by atoms with Gasteiger partial charge in [-0.05, 0) is 60.6 Å². The van der Waals surface area contributed by atoms with Crippen LogP contribution >= 0.6 is 12.2 Å². The highest BCUT2D eigenvalue weighted by Gasteiger charge is 2.13. The highest BCUT2D eigenvalue weighted by molar-refractivity contribution is 7.78. The Morgan fingerprint density at radius 1 is 0.735 bits per heavy atom. The van der Waals surface area contributed by atoms with Gasteiger partial charge in [0.15, 0.2) is 11.6 Å². The van der Waals surface area contributed by atoms with E-state index in [1.807, 2.05) is 5.16 Å². The minimum atomic E-state index is -0.906.